The van der Waals surface area contributed by atoms with Crippen molar-refractivity contribution >= 4 is 17.9 Å². The molecule has 0 bridgehead atoms. The number of aromatic nitrogens is 1. The van der Waals surface area contributed by atoms with Crippen LogP contribution in [0.4, 0.5) is 13.2 Å². The number of hydrogen-bond acceptors (Lipinski definition) is 4. The topological polar surface area (TPSA) is 65.5 Å². The van der Waals surface area contributed by atoms with Gasteiger partial charge in [-0.1, -0.05) is 97.1 Å². The summed E-state index contributed by atoms with van der Waals surface area (Å²) in [5, 5.41) is 3.00. The Bertz CT molecular complexity index is 1910. The molecule has 0 unspecified atom stereocenters. The Balaban J connectivity index is 1.26. The van der Waals surface area contributed by atoms with Gasteiger partial charge in [0.05, 0.1) is 11.5 Å². The van der Waals surface area contributed by atoms with Gasteiger partial charge in [-0.25, -0.2) is 0 Å². The van der Waals surface area contributed by atoms with Crippen LogP contribution < -0.4 is 5.32 Å². The molecule has 0 spiro atoms. The molecule has 1 aliphatic rings. The van der Waals surface area contributed by atoms with Crippen LogP contribution in [0.2, 0.25) is 0 Å². The van der Waals surface area contributed by atoms with Gasteiger partial charge in [0.15, 0.2) is 0 Å². The van der Waals surface area contributed by atoms with Crippen LogP contribution in [0, 0.1) is 5.92 Å². The van der Waals surface area contributed by atoms with Gasteiger partial charge in [0.1, 0.15) is 0 Å². The number of rotatable bonds is 11. The van der Waals surface area contributed by atoms with Gasteiger partial charge in [-0.2, -0.15) is 13.2 Å². The molecule has 2 heterocycles. The van der Waals surface area contributed by atoms with Crippen molar-refractivity contribution in [3.63, 3.8) is 0 Å². The van der Waals surface area contributed by atoms with Crippen LogP contribution in [0.15, 0.2) is 139 Å². The van der Waals surface area contributed by atoms with Crippen molar-refractivity contribution in [1.82, 2.24) is 20.1 Å². The predicted molar refractivity (Wildman–Crippen MR) is 193 cm³/mol. The second-order valence-electron chi connectivity index (χ2n) is 12.7. The fourth-order valence-electron chi connectivity index (χ4n) is 6.28. The lowest BCUT2D eigenvalue weighted by Gasteiger charge is -2.37. The van der Waals surface area contributed by atoms with Crippen molar-refractivity contribution in [1.29, 1.82) is 0 Å². The number of alkyl halides is 3. The molecular weight excluding hydrogens is 649 g/mol. The Morgan fingerprint density at radius 2 is 1.29 bits per heavy atom. The maximum absolute atomic E-state index is 14.5. The molecular formula is C42H39F3N4O2. The molecule has 1 saturated heterocycles. The van der Waals surface area contributed by atoms with Crippen LogP contribution in [0.5, 0.6) is 0 Å². The average molecular weight is 689 g/mol. The fourth-order valence-corrected chi connectivity index (χ4v) is 6.28. The number of carbonyl (C=O) groups excluding carboxylic acids is 2. The largest absolute Gasteiger partial charge is 0.416 e. The lowest BCUT2D eigenvalue weighted by molar-refractivity contribution is -0.138. The Morgan fingerprint density at radius 3 is 1.90 bits per heavy atom. The summed E-state index contributed by atoms with van der Waals surface area (Å²) in [5.74, 6) is -1.51. The molecule has 0 radical (unpaired) electrons. The SMILES string of the molecule is O=C(NCc1ccc(-c2ccncc2)cc1)C(=Cc1ccc(C(F)(F)F)cc1)[C@H](Cc1ccccc1)C(=O)N1CCN(Cc2ccccc2)CC1. The van der Waals surface area contributed by atoms with Gasteiger partial charge >= 0.3 is 6.18 Å². The van der Waals surface area contributed by atoms with E-state index in [1.54, 1.807) is 23.4 Å². The van der Waals surface area contributed by atoms with Gasteiger partial charge < -0.3 is 10.2 Å². The number of amides is 2. The van der Waals surface area contributed by atoms with Crippen LogP contribution >= 0.6 is 0 Å². The Kier molecular flexibility index (Phi) is 11.4. The molecule has 51 heavy (non-hydrogen) atoms. The fraction of sp³-hybridized carbons (Fsp3) is 0.214. The van der Waals surface area contributed by atoms with E-state index in [0.29, 0.717) is 31.7 Å². The van der Waals surface area contributed by atoms with Crippen molar-refractivity contribution in [2.45, 2.75) is 25.7 Å². The van der Waals surface area contributed by atoms with E-state index in [9.17, 15) is 22.8 Å². The van der Waals surface area contributed by atoms with Crippen molar-refractivity contribution in [2.24, 2.45) is 5.92 Å². The third kappa shape index (κ3) is 9.58. The smallest absolute Gasteiger partial charge is 0.348 e. The summed E-state index contributed by atoms with van der Waals surface area (Å²) in [5.41, 5.74) is 4.76. The van der Waals surface area contributed by atoms with Gasteiger partial charge in [-0.3, -0.25) is 19.5 Å². The number of halogens is 3. The van der Waals surface area contributed by atoms with Crippen LogP contribution in [0.3, 0.4) is 0 Å². The number of nitrogens with zero attached hydrogens (tertiary/aromatic N) is 3. The first kappa shape index (κ1) is 35.3. The molecule has 260 valence electrons. The lowest BCUT2D eigenvalue weighted by atomic mass is 9.88. The van der Waals surface area contributed by atoms with Crippen LogP contribution in [0.1, 0.15) is 27.8 Å². The van der Waals surface area contributed by atoms with E-state index < -0.39 is 23.6 Å². The summed E-state index contributed by atoms with van der Waals surface area (Å²) in [7, 11) is 0. The van der Waals surface area contributed by atoms with Gasteiger partial charge in [-0.15, -0.1) is 0 Å². The first-order valence-corrected chi connectivity index (χ1v) is 17.0. The molecule has 2 amide bonds. The molecule has 1 aliphatic heterocycles. The molecule has 1 N–H and O–H groups in total. The molecule has 1 atom stereocenters. The van der Waals surface area contributed by atoms with Crippen molar-refractivity contribution < 1.29 is 22.8 Å². The van der Waals surface area contributed by atoms with E-state index in [1.165, 1.54) is 17.7 Å². The number of hydrogen-bond donors (Lipinski definition) is 1. The molecule has 1 aromatic heterocycles. The molecule has 6 nitrogen and oxygen atoms in total. The first-order chi connectivity index (χ1) is 24.7. The van der Waals surface area contributed by atoms with E-state index in [4.69, 9.17) is 0 Å². The quantitative estimate of drug-likeness (QED) is 0.145. The summed E-state index contributed by atoms with van der Waals surface area (Å²) in [6.07, 6.45) is 0.769. The van der Waals surface area contributed by atoms with E-state index in [0.717, 1.165) is 40.9 Å². The normalized spacial score (nSPS) is 14.6. The highest BCUT2D eigenvalue weighted by atomic mass is 19.4. The Hall–Kier alpha value is -5.54. The van der Waals surface area contributed by atoms with E-state index in [1.807, 2.05) is 84.9 Å². The standard InChI is InChI=1S/C42H39F3N4O2/c43-42(44,45)37-17-13-32(14-18-37)27-38(40(50)47-29-33-11-15-35(16-12-33)36-19-21-46-22-20-36)39(28-31-7-3-1-4-8-31)41(51)49-25-23-48(24-26-49)30-34-9-5-2-6-10-34/h1-22,27,39H,23-26,28-30H2,(H,47,50)/t39-/m0/s1. The van der Waals surface area contributed by atoms with Gasteiger partial charge in [0.25, 0.3) is 0 Å². The zero-order valence-electron chi connectivity index (χ0n) is 28.1. The summed E-state index contributed by atoms with van der Waals surface area (Å²) in [6.45, 7) is 3.33. The van der Waals surface area contributed by atoms with Crippen LogP contribution in [0.25, 0.3) is 17.2 Å². The Labute approximate surface area is 296 Å². The average Bonchev–Trinajstić information content (AvgIpc) is 3.16. The van der Waals surface area contributed by atoms with Gasteiger partial charge in [0, 0.05) is 57.2 Å². The highest BCUT2D eigenvalue weighted by Crippen LogP contribution is 2.30. The van der Waals surface area contributed by atoms with Crippen molar-refractivity contribution in [2.75, 3.05) is 26.2 Å². The van der Waals surface area contributed by atoms with Gasteiger partial charge in [-0.05, 0) is 70.1 Å². The van der Waals surface area contributed by atoms with E-state index in [2.05, 4.69) is 27.3 Å². The van der Waals surface area contributed by atoms with E-state index in [-0.39, 0.29) is 24.4 Å². The maximum atomic E-state index is 14.5. The first-order valence-electron chi connectivity index (χ1n) is 17.0. The monoisotopic (exact) mass is 688 g/mol. The zero-order valence-corrected chi connectivity index (χ0v) is 28.1. The molecule has 4 aromatic carbocycles. The number of carbonyl (C=O) groups is 2. The minimum atomic E-state index is -4.50. The molecule has 5 aromatic rings. The number of piperazine rings is 1. The highest BCUT2D eigenvalue weighted by molar-refractivity contribution is 6.04. The van der Waals surface area contributed by atoms with Crippen molar-refractivity contribution in [3.05, 3.63) is 167 Å². The number of pyridine rings is 1. The number of benzene rings is 4. The molecule has 1 fully saturated rings. The van der Waals surface area contributed by atoms with Crippen LogP contribution in [-0.2, 0) is 35.3 Å². The summed E-state index contributed by atoms with van der Waals surface area (Å²) >= 11 is 0. The minimum absolute atomic E-state index is 0.187. The van der Waals surface area contributed by atoms with Crippen LogP contribution in [-0.4, -0.2) is 52.8 Å². The molecule has 9 heteroatoms. The maximum Gasteiger partial charge on any atom is 0.416 e. The lowest BCUT2D eigenvalue weighted by Crippen LogP contribution is -2.51. The molecule has 0 saturated carbocycles. The summed E-state index contributed by atoms with van der Waals surface area (Å²) in [4.78, 5) is 36.8. The molecule has 6 rings (SSSR count). The Morgan fingerprint density at radius 1 is 0.706 bits per heavy atom. The second kappa shape index (κ2) is 16.4. The molecule has 0 aliphatic carbocycles. The van der Waals surface area contributed by atoms with Crippen molar-refractivity contribution in [3.8, 4) is 11.1 Å². The highest BCUT2D eigenvalue weighted by Gasteiger charge is 2.34. The van der Waals surface area contributed by atoms with Gasteiger partial charge in [0.2, 0.25) is 11.8 Å². The zero-order chi connectivity index (χ0) is 35.6. The number of nitrogens with one attached hydrogen (secondary N) is 1. The minimum Gasteiger partial charge on any atom is -0.348 e. The third-order valence-electron chi connectivity index (χ3n) is 9.13. The summed E-state index contributed by atoms with van der Waals surface area (Å²) in [6, 6.07) is 35.9. The second-order valence-corrected chi connectivity index (χ2v) is 12.7. The predicted octanol–water partition coefficient (Wildman–Crippen LogP) is 7.67. The third-order valence-corrected chi connectivity index (χ3v) is 9.13. The summed E-state index contributed by atoms with van der Waals surface area (Å²) < 4.78 is 40.2. The van der Waals surface area contributed by atoms with E-state index >= 15 is 0 Å².